The molecule has 1 aromatic heterocycles. The van der Waals surface area contributed by atoms with Crippen molar-refractivity contribution in [3.8, 4) is 6.07 Å². The summed E-state index contributed by atoms with van der Waals surface area (Å²) in [4.78, 5) is 24.6. The fourth-order valence-electron chi connectivity index (χ4n) is 3.52. The molecule has 5 N–H and O–H groups in total. The molecule has 3 rings (SSSR count). The van der Waals surface area contributed by atoms with Gasteiger partial charge in [-0.3, -0.25) is 4.79 Å². The average molecular weight is 524 g/mol. The Hall–Kier alpha value is -2.98. The van der Waals surface area contributed by atoms with Gasteiger partial charge in [0, 0.05) is 10.4 Å². The first-order chi connectivity index (χ1) is 16.0. The zero-order valence-electron chi connectivity index (χ0n) is 18.7. The second-order valence-corrected chi connectivity index (χ2v) is 8.66. The van der Waals surface area contributed by atoms with Crippen LogP contribution in [0.1, 0.15) is 25.6 Å². The predicted molar refractivity (Wildman–Crippen MR) is 118 cm³/mol. The van der Waals surface area contributed by atoms with Gasteiger partial charge in [0.05, 0.1) is 29.6 Å². The monoisotopic (exact) mass is 523 g/mol. The van der Waals surface area contributed by atoms with Crippen LogP contribution in [0.15, 0.2) is 34.5 Å². The number of hydrogen-bond donors (Lipinski definition) is 5. The molecule has 0 bridgehead atoms. The summed E-state index contributed by atoms with van der Waals surface area (Å²) in [5.74, 6) is -3.48. The summed E-state index contributed by atoms with van der Waals surface area (Å²) in [5.41, 5.74) is 0.405. The number of aliphatic hydroxyl groups excluding tert-OH is 3. The Labute approximate surface area is 198 Å². The van der Waals surface area contributed by atoms with Crippen molar-refractivity contribution in [2.45, 2.75) is 44.2 Å². The molecule has 0 saturated carbocycles. The maximum absolute atomic E-state index is 12.8. The van der Waals surface area contributed by atoms with Gasteiger partial charge in [-0.2, -0.15) is 10.4 Å². The number of ether oxygens (including phenoxy) is 1. The van der Waals surface area contributed by atoms with E-state index in [0.717, 1.165) is 6.08 Å². The molecule has 0 spiro atoms. The van der Waals surface area contributed by atoms with Crippen LogP contribution < -0.4 is 5.31 Å². The van der Waals surface area contributed by atoms with Gasteiger partial charge in [0.2, 0.25) is 11.7 Å². The predicted octanol–water partition coefficient (Wildman–Crippen LogP) is 0.434. The molecule has 5 atom stereocenters. The fraction of sp³-hybridized carbons (Fsp3) is 0.429. The van der Waals surface area contributed by atoms with Gasteiger partial charge in [-0.05, 0) is 34.1 Å². The van der Waals surface area contributed by atoms with E-state index in [-0.39, 0.29) is 5.69 Å². The van der Waals surface area contributed by atoms with Crippen molar-refractivity contribution < 1.29 is 36.2 Å². The lowest BCUT2D eigenvalue weighted by molar-refractivity contribution is -0.147. The van der Waals surface area contributed by atoms with Gasteiger partial charge in [0.15, 0.2) is 1.41 Å². The quantitative estimate of drug-likeness (QED) is 0.344. The molecule has 1 aliphatic heterocycles. The summed E-state index contributed by atoms with van der Waals surface area (Å²) in [6, 6.07) is 4.37. The number of amides is 1. The number of halogens is 1. The Bertz CT molecular complexity index is 1180. The highest BCUT2D eigenvalue weighted by Gasteiger charge is 2.45. The highest BCUT2D eigenvalue weighted by atomic mass is 79.9. The van der Waals surface area contributed by atoms with Gasteiger partial charge in [-0.1, -0.05) is 19.9 Å². The van der Waals surface area contributed by atoms with E-state index in [1.165, 1.54) is 4.68 Å². The first-order valence-corrected chi connectivity index (χ1v) is 10.8. The fourth-order valence-corrected chi connectivity index (χ4v) is 4.06. The second kappa shape index (κ2) is 9.88. The Morgan fingerprint density at radius 3 is 2.70 bits per heavy atom. The van der Waals surface area contributed by atoms with Gasteiger partial charge in [0.1, 0.15) is 30.1 Å². The molecule has 1 aliphatic rings. The van der Waals surface area contributed by atoms with Crippen LogP contribution in [-0.4, -0.2) is 73.0 Å². The molecule has 12 heteroatoms. The van der Waals surface area contributed by atoms with E-state index in [2.05, 4.69) is 21.0 Å². The van der Waals surface area contributed by atoms with Crippen LogP contribution in [0.25, 0.3) is 10.9 Å². The van der Waals surface area contributed by atoms with Crippen molar-refractivity contribution >= 4 is 38.7 Å². The van der Waals surface area contributed by atoms with Crippen LogP contribution in [0.5, 0.6) is 0 Å². The van der Waals surface area contributed by atoms with Crippen molar-refractivity contribution in [1.29, 1.82) is 5.26 Å². The van der Waals surface area contributed by atoms with Gasteiger partial charge in [0.25, 0.3) is 0 Å². The molecule has 0 unspecified atom stereocenters. The SMILES string of the molecule is [2H]N(C(=O)C(C)C)[C@H]1[C@H]([C@H](O)[C@H](O)CO)OC(C(=O)O)=C[C@@H]1n1nc2cccc(Br)c2c1C#N. The lowest BCUT2D eigenvalue weighted by atomic mass is 9.91. The largest absolute Gasteiger partial charge is 0.478 e. The Morgan fingerprint density at radius 2 is 2.12 bits per heavy atom. The molecular weight excluding hydrogens is 500 g/mol. The van der Waals surface area contributed by atoms with Gasteiger partial charge >= 0.3 is 5.97 Å². The van der Waals surface area contributed by atoms with Crippen LogP contribution in [0.4, 0.5) is 0 Å². The summed E-state index contributed by atoms with van der Waals surface area (Å²) in [5, 5.41) is 55.0. The minimum absolute atomic E-state index is 0.0155. The smallest absolute Gasteiger partial charge is 0.370 e. The Balaban J connectivity index is 2.30. The first-order valence-electron chi connectivity index (χ1n) is 10.5. The standard InChI is InChI=1S/C21H23BrN4O7/c1-9(2)20(30)24-17-12(6-15(21(31)32)33-19(17)18(29)14(28)8-27)26-13(7-23)16-10(22)4-3-5-11(16)25-26/h3-6,9,12,14,17-19,27-29H,8H2,1-2H3,(H,24,30)(H,31,32)/t12-,14+,17+,18+,19+/m0/s1/i/hD. The number of carbonyl (C=O) groups excluding carboxylic acids is 1. The van der Waals surface area contributed by atoms with E-state index in [4.69, 9.17) is 6.15 Å². The summed E-state index contributed by atoms with van der Waals surface area (Å²) in [6.45, 7) is 2.22. The molecule has 176 valence electrons. The van der Waals surface area contributed by atoms with Crippen LogP contribution in [0.3, 0.4) is 0 Å². The number of hydrogen-bond acceptors (Lipinski definition) is 8. The normalized spacial score (nSPS) is 22.7. The molecule has 33 heavy (non-hydrogen) atoms. The van der Waals surface area contributed by atoms with Crippen LogP contribution in [0, 0.1) is 17.2 Å². The molecule has 0 radical (unpaired) electrons. The average Bonchev–Trinajstić information content (AvgIpc) is 3.20. The van der Waals surface area contributed by atoms with E-state index < -0.39 is 60.6 Å². The molecule has 0 saturated heterocycles. The molecule has 1 aromatic carbocycles. The first kappa shape index (κ1) is 23.2. The molecule has 2 heterocycles. The van der Waals surface area contributed by atoms with E-state index in [1.54, 1.807) is 32.0 Å². The van der Waals surface area contributed by atoms with E-state index in [1.807, 2.05) is 6.07 Å². The summed E-state index contributed by atoms with van der Waals surface area (Å²) >= 11 is 3.37. The molecular formula is C21H23BrN4O7. The van der Waals surface area contributed by atoms with Gasteiger partial charge in [-0.25, -0.2) is 9.48 Å². The van der Waals surface area contributed by atoms with Crippen LogP contribution in [0.2, 0.25) is 1.41 Å². The molecule has 11 nitrogen and oxygen atoms in total. The third-order valence-electron chi connectivity index (χ3n) is 5.23. The van der Waals surface area contributed by atoms with Crippen molar-refractivity contribution in [1.82, 2.24) is 15.1 Å². The minimum atomic E-state index is -1.88. The topological polar surface area (TPSA) is 178 Å². The van der Waals surface area contributed by atoms with Crippen LogP contribution in [-0.2, 0) is 14.3 Å². The highest BCUT2D eigenvalue weighted by Crippen LogP contribution is 2.34. The van der Waals surface area contributed by atoms with E-state index >= 15 is 0 Å². The summed E-state index contributed by atoms with van der Waals surface area (Å²) in [6.07, 6.45) is -4.19. The number of aliphatic carboxylic acids is 1. The molecule has 0 aliphatic carbocycles. The van der Waals surface area contributed by atoms with Crippen molar-refractivity contribution in [3.05, 3.63) is 40.2 Å². The van der Waals surface area contributed by atoms with E-state index in [0.29, 0.717) is 20.7 Å². The second-order valence-electron chi connectivity index (χ2n) is 7.80. The number of nitrogens with one attached hydrogen (secondary N) is 1. The number of nitrogens with zero attached hydrogens (tertiary/aromatic N) is 3. The third-order valence-corrected chi connectivity index (χ3v) is 5.89. The van der Waals surface area contributed by atoms with Gasteiger partial charge < -0.3 is 30.5 Å². The number of fused-ring (bicyclic) bond motifs is 1. The van der Waals surface area contributed by atoms with Crippen molar-refractivity contribution in [3.63, 3.8) is 0 Å². The maximum Gasteiger partial charge on any atom is 0.370 e. The molecule has 1 amide bonds. The van der Waals surface area contributed by atoms with Gasteiger partial charge in [-0.15, -0.1) is 0 Å². The lowest BCUT2D eigenvalue weighted by Crippen LogP contribution is -2.59. The summed E-state index contributed by atoms with van der Waals surface area (Å²) in [7, 11) is 0. The Kier molecular flexibility index (Phi) is 6.94. The minimum Gasteiger partial charge on any atom is -0.478 e. The third kappa shape index (κ3) is 4.72. The highest BCUT2D eigenvalue weighted by molar-refractivity contribution is 9.10. The number of aliphatic hydroxyl groups is 3. The van der Waals surface area contributed by atoms with Crippen LogP contribution >= 0.6 is 15.9 Å². The Morgan fingerprint density at radius 1 is 1.42 bits per heavy atom. The zero-order valence-corrected chi connectivity index (χ0v) is 19.2. The van der Waals surface area contributed by atoms with E-state index in [9.17, 15) is 35.3 Å². The number of aromatic nitrogens is 2. The number of rotatable bonds is 7. The molecule has 2 aromatic rings. The maximum atomic E-state index is 12.8. The van der Waals surface area contributed by atoms with Crippen molar-refractivity contribution in [2.75, 3.05) is 6.61 Å². The number of carboxylic acids is 1. The zero-order chi connectivity index (χ0) is 25.3. The number of nitriles is 1. The number of carbonyl (C=O) groups is 2. The summed E-state index contributed by atoms with van der Waals surface area (Å²) < 4.78 is 15.7. The lowest BCUT2D eigenvalue weighted by Gasteiger charge is -2.40. The van der Waals surface area contributed by atoms with Crippen molar-refractivity contribution in [2.24, 2.45) is 5.92 Å². The number of benzene rings is 1. The molecule has 0 fully saturated rings. The number of carboxylic acid groups (broad SMARTS) is 1.